The zero-order chi connectivity index (χ0) is 38.6. The Kier molecular flexibility index (Phi) is 1.89. The van der Waals surface area contributed by atoms with Crippen LogP contribution in [-0.4, -0.2) is 13.1 Å². The summed E-state index contributed by atoms with van der Waals surface area (Å²) < 4.78 is 6.01. The lowest BCUT2D eigenvalue weighted by Gasteiger charge is -2.44. The highest BCUT2D eigenvalue weighted by Gasteiger charge is 2.63. The van der Waals surface area contributed by atoms with E-state index in [-0.39, 0.29) is 11.9 Å². The SMILES string of the molecule is COC(=O)CC12c3c4c5c6c7c8c(c9c%10c1c1c3c3c%11c4c4c5c5c7c7c%12c8c8c9c9c%10c%10c1c1c3c3c%11c%11c4c4c5c7c5c7c%12c8c8c9c9c%10c1c1c3c3c%11c4c5c4c7c8c9c1c34)C62. The minimum atomic E-state index is -0.543. The van der Waals surface area contributed by atoms with Gasteiger partial charge in [-0.3, -0.25) is 4.79 Å². The third-order valence-electron chi connectivity index (χ3n) is 23.9. The van der Waals surface area contributed by atoms with Crippen LogP contribution in [0.3, 0.4) is 0 Å². The monoisotopic (exact) mass is 794 g/mol. The summed E-state index contributed by atoms with van der Waals surface area (Å²) in [5.41, 5.74) is 5.72. The van der Waals surface area contributed by atoms with Crippen LogP contribution in [0, 0.1) is 0 Å². The molecule has 0 saturated carbocycles. The number of hydrogen-bond acceptors (Lipinski definition) is 2. The first-order chi connectivity index (χ1) is 32.3. The predicted molar refractivity (Wildman–Crippen MR) is 272 cm³/mol. The second-order valence-electron chi connectivity index (χ2n) is 24.0. The molecule has 0 aromatic heterocycles. The number of rotatable bonds is 2. The molecule has 0 bridgehead atoms. The fraction of sp³-hybridized carbons (Fsp3) is 0.0635. The van der Waals surface area contributed by atoms with Crippen LogP contribution in [0.1, 0.15) is 34.6 Å². The maximum Gasteiger partial charge on any atom is 0.306 e. The van der Waals surface area contributed by atoms with E-state index in [0.29, 0.717) is 6.42 Å². The van der Waals surface area contributed by atoms with Crippen molar-refractivity contribution in [2.75, 3.05) is 7.11 Å². The Morgan fingerprint density at radius 2 is 0.431 bits per heavy atom. The molecule has 270 valence electrons. The first kappa shape index (κ1) is 23.6. The lowest BCUT2D eigenvalue weighted by atomic mass is 9.56. The molecule has 28 aromatic rings. The number of hydrogen-bond donors (Lipinski definition) is 0. The molecule has 0 fully saturated rings. The molecule has 2 heteroatoms. The van der Waals surface area contributed by atoms with E-state index in [0.717, 1.165) is 0 Å². The Labute approximate surface area is 351 Å². The van der Waals surface area contributed by atoms with Gasteiger partial charge in [-0.05, 0) is 313 Å². The van der Waals surface area contributed by atoms with Crippen molar-refractivity contribution in [1.82, 2.24) is 0 Å². The normalized spacial score (nSPS) is 21.3. The topological polar surface area (TPSA) is 26.3 Å². The Morgan fingerprint density at radius 1 is 0.277 bits per heavy atom. The largest absolute Gasteiger partial charge is 0.469 e. The lowest BCUT2D eigenvalue weighted by molar-refractivity contribution is -0.141. The molecular weight excluding hydrogens is 789 g/mol. The van der Waals surface area contributed by atoms with Crippen LogP contribution in [0.5, 0.6) is 0 Å². The standard InChI is InChI=1S/C63H6O2/c1-65-3(64)2-63-60-56-50-36-28-20-8-5-4-6-9(8)21-23-19-13(6)15-11-7(4)10-14-12(5)18-22(20)34(36)42-40-26(18)24(14)32-30-16(10)17(11)31-33-25(15)27(19)41-43-35(23)37(29(21)28)51(50)57(60)53(43)55-47(41)45(33)49-39(31)38(30)48-44(32)46(40)54(52(42)56)61(63)58(48)59(49)62(55)63/h60H,2H2,1H3. The van der Waals surface area contributed by atoms with E-state index in [4.69, 9.17) is 4.74 Å². The number of ether oxygens (including phenoxy) is 1. The molecule has 28 aromatic carbocycles. The first-order valence-electron chi connectivity index (χ1n) is 24.1. The number of carbonyl (C=O) groups excluding carboxylic acids is 1. The number of methoxy groups -OCH3 is 1. The van der Waals surface area contributed by atoms with Crippen LogP contribution < -0.4 is 0 Å². The molecule has 0 radical (unpaired) electrons. The first-order valence-corrected chi connectivity index (χ1v) is 24.1. The van der Waals surface area contributed by atoms with Crippen LogP contribution in [0.4, 0.5) is 0 Å². The van der Waals surface area contributed by atoms with Crippen molar-refractivity contribution in [2.45, 2.75) is 17.8 Å². The van der Waals surface area contributed by atoms with Gasteiger partial charge >= 0.3 is 5.97 Å². The van der Waals surface area contributed by atoms with Gasteiger partial charge in [0.05, 0.1) is 13.5 Å². The van der Waals surface area contributed by atoms with Crippen LogP contribution in [0.15, 0.2) is 0 Å². The van der Waals surface area contributed by atoms with Gasteiger partial charge in [0.2, 0.25) is 0 Å². The molecule has 0 aliphatic heterocycles. The molecule has 65 heavy (non-hydrogen) atoms. The third kappa shape index (κ3) is 1.22. The third-order valence-corrected chi connectivity index (χ3v) is 23.9. The van der Waals surface area contributed by atoms with Crippen LogP contribution in [-0.2, 0) is 14.9 Å². The van der Waals surface area contributed by atoms with E-state index in [1.165, 1.54) is 32.7 Å². The molecule has 0 unspecified atom stereocenters. The van der Waals surface area contributed by atoms with Gasteiger partial charge in [-0.1, -0.05) is 0 Å². The highest BCUT2D eigenvalue weighted by Crippen LogP contribution is 2.83. The van der Waals surface area contributed by atoms with Gasteiger partial charge < -0.3 is 4.74 Å². The molecular formula is C63H6O2. The fourth-order valence-electron chi connectivity index (χ4n) is 23.9. The second kappa shape index (κ2) is 5.21. The average molecular weight is 795 g/mol. The number of esters is 1. The summed E-state index contributed by atoms with van der Waals surface area (Å²) in [5, 5.41) is 86.2. The predicted octanol–water partition coefficient (Wildman–Crippen LogP) is 16.7. The van der Waals surface area contributed by atoms with Crippen LogP contribution >= 0.6 is 0 Å². The van der Waals surface area contributed by atoms with Crippen molar-refractivity contribution in [2.24, 2.45) is 0 Å². The summed E-state index contributed by atoms with van der Waals surface area (Å²) in [5.74, 6) is 0.0229. The maximum absolute atomic E-state index is 14.9. The van der Waals surface area contributed by atoms with E-state index in [2.05, 4.69) is 0 Å². The van der Waals surface area contributed by atoms with E-state index >= 15 is 0 Å². The Hall–Kier alpha value is -8.07. The Morgan fingerprint density at radius 3 is 0.631 bits per heavy atom. The highest BCUT2D eigenvalue weighted by molar-refractivity contribution is 6.82. The Balaban J connectivity index is 1.27. The van der Waals surface area contributed by atoms with Crippen molar-refractivity contribution in [3.8, 4) is 0 Å². The van der Waals surface area contributed by atoms with Crippen molar-refractivity contribution in [3.63, 3.8) is 0 Å². The van der Waals surface area contributed by atoms with Crippen molar-refractivity contribution in [1.29, 1.82) is 0 Å². The van der Waals surface area contributed by atoms with Crippen molar-refractivity contribution in [3.05, 3.63) is 22.3 Å². The molecule has 0 heterocycles. The van der Waals surface area contributed by atoms with E-state index in [9.17, 15) is 4.79 Å². The lowest BCUT2D eigenvalue weighted by Crippen LogP contribution is -2.39. The summed E-state index contributed by atoms with van der Waals surface area (Å²) in [7, 11) is 1.66. The van der Waals surface area contributed by atoms with Gasteiger partial charge in [0, 0.05) is 11.3 Å². The zero-order valence-electron chi connectivity index (χ0n) is 33.1. The highest BCUT2D eigenvalue weighted by atomic mass is 16.5. The molecule has 32 rings (SSSR count). The van der Waals surface area contributed by atoms with Crippen LogP contribution in [0.2, 0.25) is 0 Å². The van der Waals surface area contributed by atoms with Gasteiger partial charge in [-0.15, -0.1) is 0 Å². The summed E-state index contributed by atoms with van der Waals surface area (Å²) in [6.45, 7) is 0. The fourth-order valence-corrected chi connectivity index (χ4v) is 23.9. The summed E-state index contributed by atoms with van der Waals surface area (Å²) in [6.07, 6.45) is 0.393. The molecule has 0 spiro atoms. The van der Waals surface area contributed by atoms with Gasteiger partial charge in [-0.25, -0.2) is 0 Å². The minimum Gasteiger partial charge on any atom is -0.469 e. The van der Waals surface area contributed by atoms with Crippen molar-refractivity contribution >= 4 is 297 Å². The molecule has 0 N–H and O–H groups in total. The van der Waals surface area contributed by atoms with Gasteiger partial charge in [0.1, 0.15) is 0 Å². The number of benzene rings is 18. The maximum atomic E-state index is 14.9. The van der Waals surface area contributed by atoms with Gasteiger partial charge in [0.15, 0.2) is 0 Å². The van der Waals surface area contributed by atoms with E-state index in [1.807, 2.05) is 0 Å². The molecule has 4 aliphatic carbocycles. The molecule has 0 amide bonds. The van der Waals surface area contributed by atoms with E-state index < -0.39 is 5.41 Å². The quantitative estimate of drug-likeness (QED) is 0.129. The van der Waals surface area contributed by atoms with Gasteiger partial charge in [-0.2, -0.15) is 0 Å². The summed E-state index contributed by atoms with van der Waals surface area (Å²) in [6, 6.07) is 0. The zero-order valence-corrected chi connectivity index (χ0v) is 33.1. The molecule has 2 nitrogen and oxygen atoms in total. The minimum absolute atomic E-state index is 0.0532. The summed E-state index contributed by atoms with van der Waals surface area (Å²) in [4.78, 5) is 14.9. The number of carbonyl (C=O) groups is 1. The molecule has 4 aliphatic rings. The smallest absolute Gasteiger partial charge is 0.306 e. The molecule has 0 saturated heterocycles. The summed E-state index contributed by atoms with van der Waals surface area (Å²) >= 11 is 0. The van der Waals surface area contributed by atoms with Crippen LogP contribution in [0.25, 0.3) is 291 Å². The Bertz CT molecular complexity index is 6780. The average Bonchev–Trinajstić information content (AvgIpc) is 4.16. The van der Waals surface area contributed by atoms with Gasteiger partial charge in [0.25, 0.3) is 0 Å². The van der Waals surface area contributed by atoms with Crippen molar-refractivity contribution < 1.29 is 9.53 Å². The van der Waals surface area contributed by atoms with E-state index in [1.54, 1.807) is 288 Å². The molecule has 0 atom stereocenters. The second-order valence-corrected chi connectivity index (χ2v) is 24.0.